The van der Waals surface area contributed by atoms with E-state index in [-0.39, 0.29) is 12.6 Å². The van der Waals surface area contributed by atoms with Gasteiger partial charge in [-0.15, -0.1) is 0 Å². The number of nitrogens with two attached hydrogens (primary N) is 1. The van der Waals surface area contributed by atoms with Crippen molar-refractivity contribution in [2.75, 3.05) is 13.4 Å². The molecule has 0 aliphatic rings. The maximum absolute atomic E-state index is 12.8. The number of oxime groups is 1. The van der Waals surface area contributed by atoms with Crippen LogP contribution in [-0.4, -0.2) is 28.5 Å². The van der Waals surface area contributed by atoms with Gasteiger partial charge in [-0.25, -0.2) is 4.21 Å². The van der Waals surface area contributed by atoms with E-state index < -0.39 is 26.8 Å². The molecule has 2 rings (SSSR count). The Kier molecular flexibility index (Phi) is 7.07. The number of aromatic nitrogens is 1. The lowest BCUT2D eigenvalue weighted by Crippen LogP contribution is -2.16. The summed E-state index contributed by atoms with van der Waals surface area (Å²) in [4.78, 5) is 8.48. The van der Waals surface area contributed by atoms with Crippen molar-refractivity contribution in [2.24, 2.45) is 15.3 Å². The first kappa shape index (κ1) is 22.5. The largest absolute Gasteiger partial charge is 0.497 e. The second kappa shape index (κ2) is 9.12. The first-order valence-electron chi connectivity index (χ1n) is 8.35. The van der Waals surface area contributed by atoms with Crippen molar-refractivity contribution < 1.29 is 27.0 Å². The minimum atomic E-state index is -4.54. The Bertz CT molecular complexity index is 967. The second-order valence-corrected chi connectivity index (χ2v) is 8.75. The number of nitrogens with zero attached hydrogens (tertiary/aromatic N) is 3. The first-order valence-corrected chi connectivity index (χ1v) is 10.3. The van der Waals surface area contributed by atoms with Gasteiger partial charge in [0.15, 0.2) is 0 Å². The zero-order valence-corrected chi connectivity index (χ0v) is 16.8. The number of pyridine rings is 1. The minimum Gasteiger partial charge on any atom is -0.497 e. The fraction of sp³-hybridized carbons (Fsp3) is 0.333. The molecule has 0 fully saturated rings. The Balaban J connectivity index is 2.07. The minimum absolute atomic E-state index is 0.115. The maximum atomic E-state index is 12.8. The summed E-state index contributed by atoms with van der Waals surface area (Å²) in [7, 11) is -1.41. The lowest BCUT2D eigenvalue weighted by molar-refractivity contribution is -0.141. The van der Waals surface area contributed by atoms with Crippen LogP contribution in [0.4, 0.5) is 13.2 Å². The van der Waals surface area contributed by atoms with Gasteiger partial charge in [0.05, 0.1) is 22.1 Å². The number of alkyl halides is 3. The molecule has 0 spiro atoms. The molecule has 1 aromatic carbocycles. The standard InChI is InChI=1S/C18H21F3N4O3S/c1-12(14-6-9-16(23-10-14)18(19,20)21)29(3,26)25-17(22)24-28-11-13-4-7-15(27-2)8-5-13/h4-10,12H,11H2,1-3H3,(H2,22,24). The van der Waals surface area contributed by atoms with Gasteiger partial charge in [-0.1, -0.05) is 18.2 Å². The van der Waals surface area contributed by atoms with Gasteiger partial charge >= 0.3 is 6.18 Å². The average molecular weight is 430 g/mol. The summed E-state index contributed by atoms with van der Waals surface area (Å²) >= 11 is 0. The molecule has 2 atom stereocenters. The molecular formula is C18H21F3N4O3S. The van der Waals surface area contributed by atoms with Crippen LogP contribution in [0.3, 0.4) is 0 Å². The molecule has 0 aliphatic carbocycles. The van der Waals surface area contributed by atoms with Crippen molar-refractivity contribution >= 4 is 15.7 Å². The van der Waals surface area contributed by atoms with Crippen LogP contribution < -0.4 is 10.5 Å². The molecule has 1 aromatic heterocycles. The quantitative estimate of drug-likeness (QED) is 0.428. The SMILES string of the molecule is COc1ccc(CO/N=C(\N)N=S(C)(=O)C(C)c2ccc(C(F)(F)F)nc2)cc1. The van der Waals surface area contributed by atoms with E-state index in [9.17, 15) is 17.4 Å². The van der Waals surface area contributed by atoms with Gasteiger partial charge in [0, 0.05) is 12.5 Å². The lowest BCUT2D eigenvalue weighted by Gasteiger charge is -2.14. The van der Waals surface area contributed by atoms with Crippen LogP contribution in [0.5, 0.6) is 5.75 Å². The highest BCUT2D eigenvalue weighted by atomic mass is 32.2. The molecule has 0 bridgehead atoms. The van der Waals surface area contributed by atoms with Crippen LogP contribution in [0, 0.1) is 0 Å². The number of hydrogen-bond acceptors (Lipinski definition) is 5. The zero-order valence-electron chi connectivity index (χ0n) is 16.0. The molecular weight excluding hydrogens is 409 g/mol. The summed E-state index contributed by atoms with van der Waals surface area (Å²) in [6.07, 6.45) is -2.18. The van der Waals surface area contributed by atoms with Gasteiger partial charge in [0.25, 0.3) is 5.96 Å². The van der Waals surface area contributed by atoms with E-state index in [0.29, 0.717) is 11.3 Å². The highest BCUT2D eigenvalue weighted by Crippen LogP contribution is 2.29. The molecule has 0 aliphatic heterocycles. The molecule has 2 N–H and O–H groups in total. The molecule has 7 nitrogen and oxygen atoms in total. The van der Waals surface area contributed by atoms with E-state index in [2.05, 4.69) is 14.5 Å². The van der Waals surface area contributed by atoms with Gasteiger partial charge in [-0.3, -0.25) is 4.98 Å². The van der Waals surface area contributed by atoms with E-state index >= 15 is 0 Å². The number of guanidine groups is 1. The summed E-state index contributed by atoms with van der Waals surface area (Å²) in [6, 6.07) is 9.13. The normalized spacial score (nSPS) is 15.3. The van der Waals surface area contributed by atoms with Crippen LogP contribution >= 0.6 is 0 Å². The third kappa shape index (κ3) is 6.34. The molecule has 0 radical (unpaired) electrons. The first-order chi connectivity index (χ1) is 13.5. The molecule has 1 heterocycles. The fourth-order valence-corrected chi connectivity index (χ4v) is 3.45. The molecule has 29 heavy (non-hydrogen) atoms. The number of methoxy groups -OCH3 is 1. The highest BCUT2D eigenvalue weighted by Gasteiger charge is 2.32. The predicted molar refractivity (Wildman–Crippen MR) is 104 cm³/mol. The van der Waals surface area contributed by atoms with Gasteiger partial charge in [0.1, 0.15) is 18.1 Å². The third-order valence-corrected chi connectivity index (χ3v) is 6.16. The van der Waals surface area contributed by atoms with Crippen LogP contribution in [0.15, 0.2) is 52.1 Å². The predicted octanol–water partition coefficient (Wildman–Crippen LogP) is 3.71. The van der Waals surface area contributed by atoms with Crippen molar-refractivity contribution in [3.05, 3.63) is 59.4 Å². The highest BCUT2D eigenvalue weighted by molar-refractivity contribution is 7.93. The van der Waals surface area contributed by atoms with E-state index in [1.165, 1.54) is 12.3 Å². The molecule has 2 unspecified atom stereocenters. The van der Waals surface area contributed by atoms with Crippen LogP contribution in [0.25, 0.3) is 0 Å². The van der Waals surface area contributed by atoms with Crippen molar-refractivity contribution in [2.45, 2.75) is 25.0 Å². The molecule has 0 saturated carbocycles. The molecule has 11 heteroatoms. The lowest BCUT2D eigenvalue weighted by atomic mass is 10.2. The second-order valence-electron chi connectivity index (χ2n) is 6.14. The van der Waals surface area contributed by atoms with Gasteiger partial charge < -0.3 is 15.3 Å². The average Bonchev–Trinajstić information content (AvgIpc) is 2.67. The maximum Gasteiger partial charge on any atom is 0.433 e. The van der Waals surface area contributed by atoms with Crippen LogP contribution in [0.1, 0.15) is 29.0 Å². The van der Waals surface area contributed by atoms with Crippen molar-refractivity contribution in [3.63, 3.8) is 0 Å². The zero-order chi connectivity index (χ0) is 21.7. The number of benzene rings is 1. The van der Waals surface area contributed by atoms with E-state index in [1.54, 1.807) is 38.3 Å². The topological polar surface area (TPSA) is 99.2 Å². The van der Waals surface area contributed by atoms with Gasteiger partial charge in [-0.05, 0) is 41.4 Å². The van der Waals surface area contributed by atoms with Gasteiger partial charge in [-0.2, -0.15) is 17.5 Å². The summed E-state index contributed by atoms with van der Waals surface area (Å²) in [5, 5.41) is 2.89. The summed E-state index contributed by atoms with van der Waals surface area (Å²) in [5.41, 5.74) is 5.78. The Hall–Kier alpha value is -2.82. The summed E-state index contributed by atoms with van der Waals surface area (Å²) in [5.74, 6) is 0.363. The Morgan fingerprint density at radius 3 is 2.41 bits per heavy atom. The Morgan fingerprint density at radius 2 is 1.90 bits per heavy atom. The molecule has 0 amide bonds. The van der Waals surface area contributed by atoms with Crippen LogP contribution in [-0.2, 0) is 27.3 Å². The number of halogens is 3. The van der Waals surface area contributed by atoms with Crippen molar-refractivity contribution in [1.29, 1.82) is 0 Å². The summed E-state index contributed by atoms with van der Waals surface area (Å²) < 4.78 is 59.6. The van der Waals surface area contributed by atoms with E-state index in [0.717, 1.165) is 17.8 Å². The number of hydrogen-bond donors (Lipinski definition) is 1. The van der Waals surface area contributed by atoms with Gasteiger partial charge in [0.2, 0.25) is 0 Å². The number of rotatable bonds is 6. The smallest absolute Gasteiger partial charge is 0.433 e. The monoisotopic (exact) mass is 430 g/mol. The van der Waals surface area contributed by atoms with Crippen molar-refractivity contribution in [3.8, 4) is 5.75 Å². The van der Waals surface area contributed by atoms with Crippen molar-refractivity contribution in [1.82, 2.24) is 4.98 Å². The van der Waals surface area contributed by atoms with E-state index in [1.807, 2.05) is 0 Å². The van der Waals surface area contributed by atoms with E-state index in [4.69, 9.17) is 15.3 Å². The molecule has 0 saturated heterocycles. The summed E-state index contributed by atoms with van der Waals surface area (Å²) in [6.45, 7) is 1.67. The Morgan fingerprint density at radius 1 is 1.24 bits per heavy atom. The third-order valence-electron chi connectivity index (χ3n) is 4.03. The number of ether oxygens (including phenoxy) is 1. The fourth-order valence-electron chi connectivity index (χ4n) is 2.24. The van der Waals surface area contributed by atoms with Crippen LogP contribution in [0.2, 0.25) is 0 Å². The Labute approximate surface area is 166 Å². The molecule has 158 valence electrons. The molecule has 2 aromatic rings.